The molecule has 2 aliphatic rings. The first-order chi connectivity index (χ1) is 11.2. The van der Waals surface area contributed by atoms with E-state index >= 15 is 0 Å². The van der Waals surface area contributed by atoms with Crippen molar-refractivity contribution >= 4 is 0 Å². The van der Waals surface area contributed by atoms with Crippen molar-refractivity contribution in [3.63, 3.8) is 0 Å². The molecule has 1 aromatic carbocycles. The second-order valence-electron chi connectivity index (χ2n) is 8.07. The lowest BCUT2D eigenvalue weighted by Crippen LogP contribution is -2.23. The highest BCUT2D eigenvalue weighted by Crippen LogP contribution is 2.40. The fraction of sp³-hybridized carbons (Fsp3) is 0.652. The SMILES string of the molecule is CC[C@H]1CC[C@H](C2CC=C(CCc3ccc(C)cc3)CC2)CC1. The number of aryl methyl sites for hydroxylation is 2. The minimum Gasteiger partial charge on any atom is -0.0850 e. The highest BCUT2D eigenvalue weighted by molar-refractivity contribution is 5.22. The van der Waals surface area contributed by atoms with Gasteiger partial charge in [0.1, 0.15) is 0 Å². The molecule has 0 aromatic heterocycles. The average Bonchev–Trinajstić information content (AvgIpc) is 2.62. The van der Waals surface area contributed by atoms with Crippen LogP contribution >= 0.6 is 0 Å². The normalized spacial score (nSPS) is 28.4. The van der Waals surface area contributed by atoms with Crippen LogP contribution in [0, 0.1) is 24.7 Å². The lowest BCUT2D eigenvalue weighted by Gasteiger charge is -2.35. The smallest absolute Gasteiger partial charge is 0.0241 e. The number of benzene rings is 1. The maximum atomic E-state index is 2.61. The second kappa shape index (κ2) is 8.18. The van der Waals surface area contributed by atoms with Gasteiger partial charge in [0, 0.05) is 0 Å². The van der Waals surface area contributed by atoms with Crippen LogP contribution in [0.2, 0.25) is 0 Å². The van der Waals surface area contributed by atoms with E-state index in [2.05, 4.69) is 44.2 Å². The molecule has 0 amide bonds. The van der Waals surface area contributed by atoms with E-state index in [9.17, 15) is 0 Å². The Hall–Kier alpha value is -1.04. The van der Waals surface area contributed by atoms with Crippen LogP contribution in [0.25, 0.3) is 0 Å². The fourth-order valence-corrected chi connectivity index (χ4v) is 4.69. The molecule has 1 aromatic rings. The Morgan fingerprint density at radius 2 is 1.61 bits per heavy atom. The minimum atomic E-state index is 0.996. The summed E-state index contributed by atoms with van der Waals surface area (Å²) in [6, 6.07) is 9.09. The van der Waals surface area contributed by atoms with E-state index in [1.165, 1.54) is 75.3 Å². The predicted molar refractivity (Wildman–Crippen MR) is 101 cm³/mol. The van der Waals surface area contributed by atoms with Crippen molar-refractivity contribution in [1.82, 2.24) is 0 Å². The maximum absolute atomic E-state index is 2.61. The van der Waals surface area contributed by atoms with Gasteiger partial charge < -0.3 is 0 Å². The van der Waals surface area contributed by atoms with Crippen LogP contribution in [0.4, 0.5) is 0 Å². The third-order valence-electron chi connectivity index (χ3n) is 6.54. The quantitative estimate of drug-likeness (QED) is 0.520. The summed E-state index contributed by atoms with van der Waals surface area (Å²) in [7, 11) is 0. The predicted octanol–water partition coefficient (Wildman–Crippen LogP) is 6.87. The van der Waals surface area contributed by atoms with Crippen molar-refractivity contribution in [1.29, 1.82) is 0 Å². The molecule has 1 fully saturated rings. The van der Waals surface area contributed by atoms with Crippen LogP contribution in [0.15, 0.2) is 35.9 Å². The third kappa shape index (κ3) is 4.72. The van der Waals surface area contributed by atoms with Crippen LogP contribution in [0.1, 0.15) is 75.8 Å². The Kier molecular flexibility index (Phi) is 5.97. The summed E-state index contributed by atoms with van der Waals surface area (Å²) in [6.07, 6.45) is 16.7. The topological polar surface area (TPSA) is 0 Å². The van der Waals surface area contributed by atoms with Crippen LogP contribution in [0.5, 0.6) is 0 Å². The van der Waals surface area contributed by atoms with E-state index in [4.69, 9.17) is 0 Å². The van der Waals surface area contributed by atoms with Gasteiger partial charge in [-0.15, -0.1) is 0 Å². The molecular weight excluding hydrogens is 276 g/mol. The zero-order valence-corrected chi connectivity index (χ0v) is 15.2. The highest BCUT2D eigenvalue weighted by Gasteiger charge is 2.27. The van der Waals surface area contributed by atoms with Gasteiger partial charge in [0.25, 0.3) is 0 Å². The molecule has 0 radical (unpaired) electrons. The van der Waals surface area contributed by atoms with Gasteiger partial charge in [0.15, 0.2) is 0 Å². The minimum absolute atomic E-state index is 0.996. The molecule has 1 atom stereocenters. The molecule has 0 saturated heterocycles. The summed E-state index contributed by atoms with van der Waals surface area (Å²) in [5, 5.41) is 0. The summed E-state index contributed by atoms with van der Waals surface area (Å²) in [5.74, 6) is 3.07. The molecule has 0 heterocycles. The summed E-state index contributed by atoms with van der Waals surface area (Å²) in [5.41, 5.74) is 4.59. The molecule has 0 N–H and O–H groups in total. The van der Waals surface area contributed by atoms with Crippen molar-refractivity contribution < 1.29 is 0 Å². The van der Waals surface area contributed by atoms with Crippen LogP contribution in [-0.4, -0.2) is 0 Å². The first kappa shape index (κ1) is 16.8. The van der Waals surface area contributed by atoms with Gasteiger partial charge in [-0.25, -0.2) is 0 Å². The van der Waals surface area contributed by atoms with Gasteiger partial charge in [0.05, 0.1) is 0 Å². The van der Waals surface area contributed by atoms with Gasteiger partial charge >= 0.3 is 0 Å². The molecule has 1 saturated carbocycles. The molecule has 2 aliphatic carbocycles. The van der Waals surface area contributed by atoms with E-state index in [0.717, 1.165) is 17.8 Å². The van der Waals surface area contributed by atoms with Crippen molar-refractivity contribution in [2.75, 3.05) is 0 Å². The van der Waals surface area contributed by atoms with Crippen molar-refractivity contribution in [2.24, 2.45) is 17.8 Å². The molecule has 0 nitrogen and oxygen atoms in total. The van der Waals surface area contributed by atoms with Gasteiger partial charge in [-0.05, 0) is 75.2 Å². The lowest BCUT2D eigenvalue weighted by atomic mass is 9.71. The maximum Gasteiger partial charge on any atom is -0.0241 e. The molecule has 0 spiro atoms. The van der Waals surface area contributed by atoms with E-state index in [1.54, 1.807) is 5.57 Å². The van der Waals surface area contributed by atoms with E-state index < -0.39 is 0 Å². The number of hydrogen-bond donors (Lipinski definition) is 0. The molecule has 0 bridgehead atoms. The average molecular weight is 311 g/mol. The number of hydrogen-bond acceptors (Lipinski definition) is 0. The van der Waals surface area contributed by atoms with Gasteiger partial charge in [0.2, 0.25) is 0 Å². The Bertz CT molecular complexity index is 499. The Balaban J connectivity index is 1.44. The summed E-state index contributed by atoms with van der Waals surface area (Å²) < 4.78 is 0. The fourth-order valence-electron chi connectivity index (χ4n) is 4.69. The summed E-state index contributed by atoms with van der Waals surface area (Å²) in [6.45, 7) is 4.54. The highest BCUT2D eigenvalue weighted by atomic mass is 14.3. The van der Waals surface area contributed by atoms with Gasteiger partial charge in [-0.1, -0.05) is 67.7 Å². The van der Waals surface area contributed by atoms with Crippen LogP contribution in [-0.2, 0) is 6.42 Å². The van der Waals surface area contributed by atoms with Crippen molar-refractivity contribution in [3.05, 3.63) is 47.0 Å². The Morgan fingerprint density at radius 1 is 0.870 bits per heavy atom. The molecule has 23 heavy (non-hydrogen) atoms. The largest absolute Gasteiger partial charge is 0.0850 e. The zero-order chi connectivity index (χ0) is 16.1. The molecule has 0 aliphatic heterocycles. The lowest BCUT2D eigenvalue weighted by molar-refractivity contribution is 0.189. The Labute approximate surface area is 143 Å². The summed E-state index contributed by atoms with van der Waals surface area (Å²) in [4.78, 5) is 0. The van der Waals surface area contributed by atoms with Gasteiger partial charge in [-0.2, -0.15) is 0 Å². The molecule has 126 valence electrons. The monoisotopic (exact) mass is 310 g/mol. The number of allylic oxidation sites excluding steroid dienone is 2. The molecular formula is C23H34. The first-order valence-electron chi connectivity index (χ1n) is 9.98. The Morgan fingerprint density at radius 3 is 2.22 bits per heavy atom. The van der Waals surface area contributed by atoms with E-state index in [1.807, 2.05) is 0 Å². The van der Waals surface area contributed by atoms with E-state index in [-0.39, 0.29) is 0 Å². The first-order valence-corrected chi connectivity index (χ1v) is 9.98. The van der Waals surface area contributed by atoms with Crippen LogP contribution < -0.4 is 0 Å². The molecule has 0 heteroatoms. The zero-order valence-electron chi connectivity index (χ0n) is 15.2. The van der Waals surface area contributed by atoms with Crippen molar-refractivity contribution in [3.8, 4) is 0 Å². The second-order valence-corrected chi connectivity index (χ2v) is 8.07. The van der Waals surface area contributed by atoms with Gasteiger partial charge in [-0.3, -0.25) is 0 Å². The van der Waals surface area contributed by atoms with Crippen LogP contribution in [0.3, 0.4) is 0 Å². The number of rotatable bonds is 5. The molecule has 1 unspecified atom stereocenters. The van der Waals surface area contributed by atoms with E-state index in [0.29, 0.717) is 0 Å². The summed E-state index contributed by atoms with van der Waals surface area (Å²) >= 11 is 0. The van der Waals surface area contributed by atoms with Crippen molar-refractivity contribution in [2.45, 2.75) is 78.1 Å². The molecule has 3 rings (SSSR count). The third-order valence-corrected chi connectivity index (χ3v) is 6.54. The standard InChI is InChI=1S/C23H34/c1-3-19-10-14-22(15-11-19)23-16-12-21(13-17-23)9-8-20-6-4-18(2)5-7-20/h4-7,12,19,22-23H,3,8-11,13-17H2,1-2H3/t19-,22-,23?.